The second-order valence-electron chi connectivity index (χ2n) is 7.55. The first kappa shape index (κ1) is 21.4. The molecular weight excluding hydrogens is 398 g/mol. The zero-order valence-corrected chi connectivity index (χ0v) is 17.0. The maximum atomic E-state index is 10.2. The number of aryl methyl sites for hydroxylation is 1. The van der Waals surface area contributed by atoms with Crippen molar-refractivity contribution in [3.63, 3.8) is 0 Å². The first-order valence-corrected chi connectivity index (χ1v) is 10.1. The smallest absolute Gasteiger partial charge is 0.229 e. The summed E-state index contributed by atoms with van der Waals surface area (Å²) in [7, 11) is 0. The third-order valence-corrected chi connectivity index (χ3v) is 5.46. The van der Waals surface area contributed by atoms with Crippen LogP contribution in [0, 0.1) is 6.92 Å². The van der Waals surface area contributed by atoms with Gasteiger partial charge in [0, 0.05) is 11.8 Å². The minimum absolute atomic E-state index is 0.417. The Hall–Kier alpha value is -2.81. The molecule has 3 aromatic rings. The van der Waals surface area contributed by atoms with Gasteiger partial charge in [-0.05, 0) is 47.9 Å². The van der Waals surface area contributed by atoms with Gasteiger partial charge in [-0.3, -0.25) is 4.98 Å². The molecule has 2 aromatic carbocycles. The Morgan fingerprint density at radius 2 is 1.68 bits per heavy atom. The van der Waals surface area contributed by atoms with Crippen LogP contribution in [-0.2, 0) is 4.74 Å². The van der Waals surface area contributed by atoms with Crippen LogP contribution in [-0.4, -0.2) is 62.7 Å². The van der Waals surface area contributed by atoms with E-state index in [4.69, 9.17) is 9.47 Å². The zero-order valence-electron chi connectivity index (χ0n) is 17.0. The van der Waals surface area contributed by atoms with Gasteiger partial charge in [0.25, 0.3) is 0 Å². The molecule has 0 radical (unpaired) electrons. The number of rotatable bonds is 5. The van der Waals surface area contributed by atoms with E-state index in [1.165, 1.54) is 0 Å². The van der Waals surface area contributed by atoms with Gasteiger partial charge < -0.3 is 29.9 Å². The summed E-state index contributed by atoms with van der Waals surface area (Å²) in [5.41, 5.74) is 5.03. The maximum Gasteiger partial charge on any atom is 0.229 e. The molecule has 162 valence electrons. The number of nitrogens with zero attached hydrogens (tertiary/aromatic N) is 1. The molecule has 0 bridgehead atoms. The highest BCUT2D eigenvalue weighted by Crippen LogP contribution is 2.34. The predicted molar refractivity (Wildman–Crippen MR) is 114 cm³/mol. The molecule has 4 rings (SSSR count). The number of aliphatic hydroxyl groups excluding tert-OH is 4. The Kier molecular flexibility index (Phi) is 6.31. The lowest BCUT2D eigenvalue weighted by Crippen LogP contribution is -2.60. The van der Waals surface area contributed by atoms with Crippen molar-refractivity contribution in [1.82, 2.24) is 4.98 Å². The van der Waals surface area contributed by atoms with Gasteiger partial charge >= 0.3 is 0 Å². The van der Waals surface area contributed by atoms with Crippen molar-refractivity contribution in [2.45, 2.75) is 37.6 Å². The van der Waals surface area contributed by atoms with Crippen LogP contribution in [0.1, 0.15) is 5.56 Å². The first-order chi connectivity index (χ1) is 15.0. The topological polar surface area (TPSA) is 112 Å². The lowest BCUT2D eigenvalue weighted by Gasteiger charge is -2.39. The second-order valence-corrected chi connectivity index (χ2v) is 7.55. The minimum Gasteiger partial charge on any atom is -0.462 e. The van der Waals surface area contributed by atoms with Gasteiger partial charge in [0.05, 0.1) is 12.3 Å². The van der Waals surface area contributed by atoms with Gasteiger partial charge in [0.15, 0.2) is 0 Å². The summed E-state index contributed by atoms with van der Waals surface area (Å²) in [6.45, 7) is 1.54. The molecule has 0 amide bonds. The van der Waals surface area contributed by atoms with E-state index in [2.05, 4.69) is 4.98 Å². The fourth-order valence-electron chi connectivity index (χ4n) is 3.77. The number of benzene rings is 2. The van der Waals surface area contributed by atoms with Gasteiger partial charge in [-0.15, -0.1) is 0 Å². The average molecular weight is 423 g/mol. The molecule has 1 aromatic heterocycles. The lowest BCUT2D eigenvalue weighted by molar-refractivity contribution is -0.277. The first-order valence-electron chi connectivity index (χ1n) is 10.1. The fourth-order valence-corrected chi connectivity index (χ4v) is 3.77. The van der Waals surface area contributed by atoms with Gasteiger partial charge in [-0.1, -0.05) is 36.4 Å². The minimum atomic E-state index is -1.48. The largest absolute Gasteiger partial charge is 0.462 e. The molecular formula is C24H25NO6. The molecule has 1 aliphatic rings. The molecule has 2 heterocycles. The summed E-state index contributed by atoms with van der Waals surface area (Å²) in [6.07, 6.45) is -4.83. The number of aromatic nitrogens is 1. The van der Waals surface area contributed by atoms with E-state index >= 15 is 0 Å². The Morgan fingerprint density at radius 1 is 0.903 bits per heavy atom. The number of aliphatic hydroxyl groups is 4. The summed E-state index contributed by atoms with van der Waals surface area (Å²) < 4.78 is 11.1. The van der Waals surface area contributed by atoms with Crippen LogP contribution in [0.2, 0.25) is 0 Å². The SMILES string of the molecule is Cc1cccc(-c2ccc(O[C@@H]3O[C@H](CO)[C@@H](O)[C@H](O)[C@H]3O)cc2)c1-c1ccccn1. The van der Waals surface area contributed by atoms with E-state index in [1.807, 2.05) is 55.5 Å². The van der Waals surface area contributed by atoms with E-state index in [-0.39, 0.29) is 0 Å². The normalized spacial score (nSPS) is 25.9. The van der Waals surface area contributed by atoms with Crippen LogP contribution in [0.4, 0.5) is 0 Å². The van der Waals surface area contributed by atoms with Crippen LogP contribution < -0.4 is 4.74 Å². The van der Waals surface area contributed by atoms with Crippen molar-refractivity contribution < 1.29 is 29.9 Å². The Labute approximate surface area is 180 Å². The standard InChI is InChI=1S/C24H25NO6/c1-14-5-4-6-17(20(14)18-7-2-3-12-25-18)15-8-10-16(11-9-15)30-24-23(29)22(28)21(27)19(13-26)31-24/h2-12,19,21-24,26-29H,13H2,1H3/t19-,21-,22+,23-,24-/m1/s1. The Morgan fingerprint density at radius 3 is 2.35 bits per heavy atom. The molecule has 1 saturated heterocycles. The van der Waals surface area contributed by atoms with Crippen molar-refractivity contribution in [2.24, 2.45) is 0 Å². The Balaban J connectivity index is 1.58. The van der Waals surface area contributed by atoms with Gasteiger partial charge in [0.1, 0.15) is 30.2 Å². The lowest BCUT2D eigenvalue weighted by atomic mass is 9.93. The van der Waals surface area contributed by atoms with Crippen LogP contribution >= 0.6 is 0 Å². The third-order valence-electron chi connectivity index (χ3n) is 5.46. The van der Waals surface area contributed by atoms with E-state index in [0.29, 0.717) is 5.75 Å². The van der Waals surface area contributed by atoms with Gasteiger partial charge in [-0.2, -0.15) is 0 Å². The van der Waals surface area contributed by atoms with Crippen molar-refractivity contribution in [3.05, 3.63) is 72.4 Å². The molecule has 1 aliphatic heterocycles. The number of hydrogen-bond donors (Lipinski definition) is 4. The van der Waals surface area contributed by atoms with Gasteiger partial charge in [0.2, 0.25) is 6.29 Å². The highest BCUT2D eigenvalue weighted by molar-refractivity contribution is 5.84. The monoisotopic (exact) mass is 423 g/mol. The Bertz CT molecular complexity index is 1010. The molecule has 0 spiro atoms. The van der Waals surface area contributed by atoms with Crippen molar-refractivity contribution >= 4 is 0 Å². The van der Waals surface area contributed by atoms with E-state index in [1.54, 1.807) is 18.3 Å². The zero-order chi connectivity index (χ0) is 22.0. The van der Waals surface area contributed by atoms with E-state index in [9.17, 15) is 20.4 Å². The molecule has 7 nitrogen and oxygen atoms in total. The second kappa shape index (κ2) is 9.13. The number of ether oxygens (including phenoxy) is 2. The van der Waals surface area contributed by atoms with Crippen LogP contribution in [0.25, 0.3) is 22.4 Å². The molecule has 4 N–H and O–H groups in total. The van der Waals surface area contributed by atoms with Crippen molar-refractivity contribution in [3.8, 4) is 28.1 Å². The summed E-state index contributed by atoms with van der Waals surface area (Å²) >= 11 is 0. The highest BCUT2D eigenvalue weighted by Gasteiger charge is 2.44. The maximum absolute atomic E-state index is 10.2. The summed E-state index contributed by atoms with van der Waals surface area (Å²) in [5.74, 6) is 0.417. The van der Waals surface area contributed by atoms with Crippen molar-refractivity contribution in [1.29, 1.82) is 0 Å². The summed E-state index contributed by atoms with van der Waals surface area (Å²) in [4.78, 5) is 4.49. The molecule has 0 unspecified atom stereocenters. The quantitative estimate of drug-likeness (QED) is 0.496. The third kappa shape index (κ3) is 4.32. The summed E-state index contributed by atoms with van der Waals surface area (Å²) in [6, 6.07) is 19.1. The fraction of sp³-hybridized carbons (Fsp3) is 0.292. The molecule has 5 atom stereocenters. The van der Waals surface area contributed by atoms with E-state index < -0.39 is 37.3 Å². The molecule has 31 heavy (non-hydrogen) atoms. The van der Waals surface area contributed by atoms with Crippen LogP contribution in [0.5, 0.6) is 5.75 Å². The van der Waals surface area contributed by atoms with Crippen LogP contribution in [0.3, 0.4) is 0 Å². The summed E-state index contributed by atoms with van der Waals surface area (Å²) in [5, 5.41) is 39.3. The number of pyridine rings is 1. The molecule has 0 aliphatic carbocycles. The van der Waals surface area contributed by atoms with Crippen LogP contribution in [0.15, 0.2) is 66.9 Å². The average Bonchev–Trinajstić information content (AvgIpc) is 2.80. The number of hydrogen-bond acceptors (Lipinski definition) is 7. The van der Waals surface area contributed by atoms with E-state index in [0.717, 1.165) is 27.9 Å². The predicted octanol–water partition coefficient (Wildman–Crippen LogP) is 1.90. The highest BCUT2D eigenvalue weighted by atomic mass is 16.7. The molecule has 7 heteroatoms. The molecule has 0 saturated carbocycles. The van der Waals surface area contributed by atoms with Gasteiger partial charge in [-0.25, -0.2) is 0 Å². The van der Waals surface area contributed by atoms with Crippen molar-refractivity contribution in [2.75, 3.05) is 6.61 Å². The molecule has 1 fully saturated rings.